The average Bonchev–Trinajstić information content (AvgIpc) is 3.10. The number of nitrogens with zero attached hydrogens (tertiary/aromatic N) is 1. The number of ether oxygens (including phenoxy) is 1. The van der Waals surface area contributed by atoms with E-state index in [1.165, 1.54) is 14.2 Å². The molecule has 0 saturated heterocycles. The van der Waals surface area contributed by atoms with Gasteiger partial charge in [0, 0.05) is 16.6 Å². The lowest BCUT2D eigenvalue weighted by Gasteiger charge is -2.11. The van der Waals surface area contributed by atoms with Crippen LogP contribution in [0, 0.1) is 11.8 Å². The molecule has 6 nitrogen and oxygen atoms in total. The van der Waals surface area contributed by atoms with Gasteiger partial charge in [-0.1, -0.05) is 12.0 Å². The van der Waals surface area contributed by atoms with Crippen molar-refractivity contribution in [2.75, 3.05) is 31.8 Å². The Morgan fingerprint density at radius 2 is 1.94 bits per heavy atom. The normalized spacial score (nSPS) is 10.5. The van der Waals surface area contributed by atoms with Gasteiger partial charge in [0.2, 0.25) is 0 Å². The first-order chi connectivity index (χ1) is 14.8. The van der Waals surface area contributed by atoms with Crippen LogP contribution in [-0.2, 0) is 6.54 Å². The number of aromatic nitrogens is 1. The van der Waals surface area contributed by atoms with Crippen molar-refractivity contribution in [1.29, 1.82) is 0 Å². The van der Waals surface area contributed by atoms with Gasteiger partial charge in [-0.2, -0.15) is 13.2 Å². The Balaban J connectivity index is 0.00000166. The maximum Gasteiger partial charge on any atom is 0.406 e. The SMILES string of the molecule is CN.COc1cc(C=O)ccc1NCC#Cc1cc2c(N)cccc2n1CC(F)(F)F. The third-order valence-electron chi connectivity index (χ3n) is 4.26. The van der Waals surface area contributed by atoms with E-state index >= 15 is 0 Å². The number of carbonyl (C=O) groups is 1. The molecule has 0 atom stereocenters. The number of rotatable bonds is 5. The van der Waals surface area contributed by atoms with Gasteiger partial charge in [-0.25, -0.2) is 0 Å². The van der Waals surface area contributed by atoms with Crippen molar-refractivity contribution < 1.29 is 22.7 Å². The second-order valence-corrected chi connectivity index (χ2v) is 6.24. The largest absolute Gasteiger partial charge is 0.495 e. The second-order valence-electron chi connectivity index (χ2n) is 6.24. The van der Waals surface area contributed by atoms with Gasteiger partial charge in [0.25, 0.3) is 0 Å². The van der Waals surface area contributed by atoms with E-state index < -0.39 is 12.7 Å². The fourth-order valence-corrected chi connectivity index (χ4v) is 2.96. The molecule has 0 aliphatic heterocycles. The number of benzene rings is 2. The molecule has 3 aromatic rings. The molecule has 9 heteroatoms. The smallest absolute Gasteiger partial charge is 0.406 e. The lowest BCUT2D eigenvalue weighted by molar-refractivity contribution is -0.140. The Morgan fingerprint density at radius 3 is 2.58 bits per heavy atom. The van der Waals surface area contributed by atoms with E-state index in [2.05, 4.69) is 22.9 Å². The van der Waals surface area contributed by atoms with E-state index in [-0.39, 0.29) is 12.2 Å². The summed E-state index contributed by atoms with van der Waals surface area (Å²) in [6, 6.07) is 11.3. The molecular weight excluding hydrogens is 409 g/mol. The van der Waals surface area contributed by atoms with Crippen molar-refractivity contribution in [1.82, 2.24) is 4.57 Å². The Bertz CT molecular complexity index is 1110. The lowest BCUT2D eigenvalue weighted by atomic mass is 10.2. The van der Waals surface area contributed by atoms with E-state index in [4.69, 9.17) is 10.5 Å². The van der Waals surface area contributed by atoms with Crippen LogP contribution < -0.4 is 21.5 Å². The van der Waals surface area contributed by atoms with Crippen LogP contribution in [0.2, 0.25) is 0 Å². The number of hydrogen-bond donors (Lipinski definition) is 3. The van der Waals surface area contributed by atoms with Crippen LogP contribution >= 0.6 is 0 Å². The van der Waals surface area contributed by atoms with E-state index in [0.29, 0.717) is 39.9 Å². The molecule has 164 valence electrons. The van der Waals surface area contributed by atoms with Crippen molar-refractivity contribution in [2.45, 2.75) is 12.7 Å². The third-order valence-corrected chi connectivity index (χ3v) is 4.26. The summed E-state index contributed by atoms with van der Waals surface area (Å²) in [4.78, 5) is 10.8. The second kappa shape index (κ2) is 10.4. The molecule has 5 N–H and O–H groups in total. The lowest BCUT2D eigenvalue weighted by Crippen LogP contribution is -2.18. The fourth-order valence-electron chi connectivity index (χ4n) is 2.96. The summed E-state index contributed by atoms with van der Waals surface area (Å²) in [5.41, 5.74) is 12.5. The van der Waals surface area contributed by atoms with Gasteiger partial charge in [0.1, 0.15) is 18.6 Å². The van der Waals surface area contributed by atoms with Crippen molar-refractivity contribution in [2.24, 2.45) is 5.73 Å². The number of halogens is 3. The predicted octanol–water partition coefficient (Wildman–Crippen LogP) is 3.65. The monoisotopic (exact) mass is 432 g/mol. The van der Waals surface area contributed by atoms with Crippen LogP contribution in [0.3, 0.4) is 0 Å². The van der Waals surface area contributed by atoms with Crippen LogP contribution in [0.25, 0.3) is 10.9 Å². The van der Waals surface area contributed by atoms with E-state index in [0.717, 1.165) is 4.57 Å². The van der Waals surface area contributed by atoms with Crippen molar-refractivity contribution in [3.05, 3.63) is 53.7 Å². The maximum atomic E-state index is 13.0. The number of anilines is 2. The quantitative estimate of drug-likeness (QED) is 0.325. The molecule has 0 bridgehead atoms. The van der Waals surface area contributed by atoms with E-state index in [9.17, 15) is 18.0 Å². The minimum absolute atomic E-state index is 0.166. The Labute approximate surface area is 178 Å². The first-order valence-electron chi connectivity index (χ1n) is 9.20. The number of fused-ring (bicyclic) bond motifs is 1. The average molecular weight is 432 g/mol. The highest BCUT2D eigenvalue weighted by Crippen LogP contribution is 2.28. The van der Waals surface area contributed by atoms with Crippen LogP contribution in [-0.4, -0.2) is 37.7 Å². The van der Waals surface area contributed by atoms with Crippen LogP contribution in [0.5, 0.6) is 5.75 Å². The van der Waals surface area contributed by atoms with Crippen molar-refractivity contribution >= 4 is 28.6 Å². The molecule has 2 aromatic carbocycles. The molecular formula is C22H23F3N4O2. The summed E-state index contributed by atoms with van der Waals surface area (Å²) in [6.45, 7) is -0.988. The summed E-state index contributed by atoms with van der Waals surface area (Å²) in [6.07, 6.45) is -3.68. The standard InChI is InChI=1S/C21H18F3N3O2.CH5N/c1-29-20-10-14(12-28)7-8-18(20)26-9-3-4-15-11-16-17(25)5-2-6-19(16)27(15)13-21(22,23)24;1-2/h2,5-8,10-12,26H,9,13,25H2,1H3;2H2,1H3. The zero-order chi connectivity index (χ0) is 23.0. The van der Waals surface area contributed by atoms with Crippen molar-refractivity contribution in [3.63, 3.8) is 0 Å². The topological polar surface area (TPSA) is 95.3 Å². The summed E-state index contributed by atoms with van der Waals surface area (Å²) < 4.78 is 45.4. The zero-order valence-electron chi connectivity index (χ0n) is 17.1. The van der Waals surface area contributed by atoms with Gasteiger partial charge in [0.05, 0.1) is 30.6 Å². The predicted molar refractivity (Wildman–Crippen MR) is 116 cm³/mol. The number of nitrogens with one attached hydrogen (secondary N) is 1. The Morgan fingerprint density at radius 1 is 1.19 bits per heavy atom. The first kappa shape index (κ1) is 23.6. The van der Waals surface area contributed by atoms with Gasteiger partial charge < -0.3 is 26.1 Å². The van der Waals surface area contributed by atoms with Gasteiger partial charge in [-0.15, -0.1) is 0 Å². The highest BCUT2D eigenvalue weighted by Gasteiger charge is 2.29. The molecule has 0 spiro atoms. The van der Waals surface area contributed by atoms with Crippen LogP contribution in [0.4, 0.5) is 24.5 Å². The molecule has 0 amide bonds. The highest BCUT2D eigenvalue weighted by molar-refractivity contribution is 5.92. The number of nitrogens with two attached hydrogens (primary N) is 2. The van der Waals surface area contributed by atoms with Gasteiger partial charge >= 0.3 is 6.18 Å². The third kappa shape index (κ3) is 5.93. The molecule has 0 aliphatic carbocycles. The number of nitrogen functional groups attached to an aromatic ring is 1. The van der Waals surface area contributed by atoms with E-state index in [1.807, 2.05) is 0 Å². The number of alkyl halides is 3. The van der Waals surface area contributed by atoms with Crippen LogP contribution in [0.15, 0.2) is 42.5 Å². The molecule has 0 aliphatic rings. The molecule has 0 saturated carbocycles. The Kier molecular flexibility index (Phi) is 7.94. The van der Waals surface area contributed by atoms with Crippen molar-refractivity contribution in [3.8, 4) is 17.6 Å². The molecule has 0 fully saturated rings. The highest BCUT2D eigenvalue weighted by atomic mass is 19.4. The number of hydrogen-bond acceptors (Lipinski definition) is 5. The summed E-state index contributed by atoms with van der Waals surface area (Å²) in [5.74, 6) is 6.07. The molecule has 0 unspecified atom stereocenters. The van der Waals surface area contributed by atoms with Crippen LogP contribution in [0.1, 0.15) is 16.1 Å². The molecule has 0 radical (unpaired) electrons. The molecule has 3 rings (SSSR count). The summed E-state index contributed by atoms with van der Waals surface area (Å²) >= 11 is 0. The minimum atomic E-state index is -4.39. The summed E-state index contributed by atoms with van der Waals surface area (Å²) in [5, 5.41) is 3.56. The van der Waals surface area contributed by atoms with Gasteiger partial charge in [0.15, 0.2) is 0 Å². The number of carbonyl (C=O) groups excluding carboxylic acids is 1. The first-order valence-corrected chi connectivity index (χ1v) is 9.20. The number of methoxy groups -OCH3 is 1. The zero-order valence-corrected chi connectivity index (χ0v) is 17.1. The van der Waals surface area contributed by atoms with Gasteiger partial charge in [-0.3, -0.25) is 4.79 Å². The maximum absolute atomic E-state index is 13.0. The van der Waals surface area contributed by atoms with E-state index in [1.54, 1.807) is 42.5 Å². The fraction of sp³-hybridized carbons (Fsp3) is 0.227. The molecule has 31 heavy (non-hydrogen) atoms. The summed E-state index contributed by atoms with van der Waals surface area (Å²) in [7, 11) is 2.97. The minimum Gasteiger partial charge on any atom is -0.495 e. The Hall–Kier alpha value is -3.64. The molecule has 1 aromatic heterocycles. The van der Waals surface area contributed by atoms with Gasteiger partial charge in [-0.05, 0) is 49.4 Å². The molecule has 1 heterocycles. The number of aldehydes is 1.